The zero-order valence-corrected chi connectivity index (χ0v) is 15.9. The molecule has 1 atom stereocenters. The molecule has 0 radical (unpaired) electrons. The minimum atomic E-state index is -3.84. The van der Waals surface area contributed by atoms with Crippen molar-refractivity contribution in [3.63, 3.8) is 0 Å². The Morgan fingerprint density at radius 1 is 1.22 bits per heavy atom. The molecular weight excluding hydrogens is 379 g/mol. The van der Waals surface area contributed by atoms with E-state index in [0.29, 0.717) is 0 Å². The van der Waals surface area contributed by atoms with E-state index in [4.69, 9.17) is 4.42 Å². The second-order valence-electron chi connectivity index (χ2n) is 6.21. The average molecular weight is 398 g/mol. The first kappa shape index (κ1) is 20.6. The SMILES string of the molecule is Cc1oc(C(=O)NC(C)(C(=O)O)c2ccc(F)cc2)cc1S(=O)(=O)N(C)C. The number of nitrogens with zero attached hydrogens (tertiary/aromatic N) is 1. The second kappa shape index (κ2) is 7.12. The van der Waals surface area contributed by atoms with Crippen molar-refractivity contribution in [1.29, 1.82) is 0 Å². The van der Waals surface area contributed by atoms with Gasteiger partial charge in [-0.25, -0.2) is 21.9 Å². The number of hydrogen-bond donors (Lipinski definition) is 2. The number of carbonyl (C=O) groups is 2. The van der Waals surface area contributed by atoms with Crippen molar-refractivity contribution >= 4 is 21.9 Å². The van der Waals surface area contributed by atoms with Crippen LogP contribution < -0.4 is 5.32 Å². The van der Waals surface area contributed by atoms with Gasteiger partial charge in [0, 0.05) is 20.2 Å². The van der Waals surface area contributed by atoms with Crippen LogP contribution in [0.3, 0.4) is 0 Å². The van der Waals surface area contributed by atoms with Crippen molar-refractivity contribution in [2.45, 2.75) is 24.3 Å². The van der Waals surface area contributed by atoms with Gasteiger partial charge in [0.25, 0.3) is 5.91 Å². The Morgan fingerprint density at radius 2 is 1.78 bits per heavy atom. The molecule has 0 bridgehead atoms. The summed E-state index contributed by atoms with van der Waals surface area (Å²) in [5, 5.41) is 11.9. The van der Waals surface area contributed by atoms with E-state index >= 15 is 0 Å². The van der Waals surface area contributed by atoms with Crippen molar-refractivity contribution in [1.82, 2.24) is 9.62 Å². The Balaban J connectivity index is 2.40. The number of aryl methyl sites for hydroxylation is 1. The lowest BCUT2D eigenvalue weighted by molar-refractivity contribution is -0.144. The number of benzene rings is 1. The lowest BCUT2D eigenvalue weighted by Crippen LogP contribution is -2.49. The number of aliphatic carboxylic acids is 1. The van der Waals surface area contributed by atoms with Crippen LogP contribution in [-0.4, -0.2) is 43.8 Å². The van der Waals surface area contributed by atoms with Gasteiger partial charge in [-0.15, -0.1) is 0 Å². The standard InChI is InChI=1S/C17H19FN2O6S/c1-10-14(27(24,25)20(3)4)9-13(26-10)15(21)19-17(2,16(22)23)11-5-7-12(18)8-6-11/h5-9H,1-4H3,(H,19,21)(H,22,23). The van der Waals surface area contributed by atoms with Crippen molar-refractivity contribution in [3.05, 3.63) is 53.2 Å². The third-order valence-electron chi connectivity index (χ3n) is 4.07. The molecule has 0 aliphatic heterocycles. The number of carboxylic acids is 1. The van der Waals surface area contributed by atoms with Gasteiger partial charge >= 0.3 is 5.97 Å². The van der Waals surface area contributed by atoms with E-state index in [-0.39, 0.29) is 22.0 Å². The van der Waals surface area contributed by atoms with Crippen LogP contribution in [0.25, 0.3) is 0 Å². The molecule has 1 heterocycles. The number of sulfonamides is 1. The largest absolute Gasteiger partial charge is 0.479 e. The number of carboxylic acid groups (broad SMARTS) is 1. The van der Waals surface area contributed by atoms with Gasteiger partial charge in [0.15, 0.2) is 11.3 Å². The fraction of sp³-hybridized carbons (Fsp3) is 0.294. The van der Waals surface area contributed by atoms with E-state index in [1.54, 1.807) is 0 Å². The fourth-order valence-corrected chi connectivity index (χ4v) is 3.41. The highest BCUT2D eigenvalue weighted by Crippen LogP contribution is 2.25. The molecule has 2 aromatic rings. The maximum Gasteiger partial charge on any atom is 0.333 e. The van der Waals surface area contributed by atoms with Crippen molar-refractivity contribution in [3.8, 4) is 0 Å². The molecule has 1 aromatic carbocycles. The van der Waals surface area contributed by atoms with Crippen molar-refractivity contribution in [2.24, 2.45) is 0 Å². The maximum absolute atomic E-state index is 13.1. The van der Waals surface area contributed by atoms with Crippen LogP contribution in [0.4, 0.5) is 4.39 Å². The van der Waals surface area contributed by atoms with E-state index in [9.17, 15) is 27.5 Å². The van der Waals surface area contributed by atoms with E-state index in [2.05, 4.69) is 5.32 Å². The quantitative estimate of drug-likeness (QED) is 0.765. The van der Waals surface area contributed by atoms with Crippen LogP contribution in [0.5, 0.6) is 0 Å². The number of halogens is 1. The van der Waals surface area contributed by atoms with Crippen molar-refractivity contribution < 1.29 is 31.9 Å². The van der Waals surface area contributed by atoms with Gasteiger partial charge in [0.1, 0.15) is 16.5 Å². The minimum Gasteiger partial charge on any atom is -0.479 e. The predicted octanol–water partition coefficient (Wildman–Crippen LogP) is 1.71. The summed E-state index contributed by atoms with van der Waals surface area (Å²) in [6.07, 6.45) is 0. The predicted molar refractivity (Wildman–Crippen MR) is 93.2 cm³/mol. The molecule has 0 fully saturated rings. The van der Waals surface area contributed by atoms with Crippen LogP contribution >= 0.6 is 0 Å². The topological polar surface area (TPSA) is 117 Å². The molecule has 10 heteroatoms. The van der Waals surface area contributed by atoms with Crippen LogP contribution in [-0.2, 0) is 20.4 Å². The smallest absolute Gasteiger partial charge is 0.333 e. The molecule has 1 amide bonds. The lowest BCUT2D eigenvalue weighted by Gasteiger charge is -2.26. The number of furan rings is 1. The summed E-state index contributed by atoms with van der Waals surface area (Å²) in [6, 6.07) is 5.65. The molecule has 1 aromatic heterocycles. The van der Waals surface area contributed by atoms with Gasteiger partial charge in [-0.05, 0) is 31.5 Å². The Labute approximate surface area is 155 Å². The van der Waals surface area contributed by atoms with Crippen molar-refractivity contribution in [2.75, 3.05) is 14.1 Å². The number of rotatable bonds is 6. The summed E-state index contributed by atoms with van der Waals surface area (Å²) in [5.41, 5.74) is -1.75. The molecule has 2 rings (SSSR count). The van der Waals surface area contributed by atoms with Crippen LogP contribution in [0.2, 0.25) is 0 Å². The van der Waals surface area contributed by atoms with Crippen LogP contribution in [0.15, 0.2) is 39.6 Å². The van der Waals surface area contributed by atoms with Gasteiger partial charge in [0.05, 0.1) is 0 Å². The van der Waals surface area contributed by atoms with E-state index in [1.165, 1.54) is 40.1 Å². The molecule has 0 aliphatic rings. The Kier molecular flexibility index (Phi) is 5.43. The van der Waals surface area contributed by atoms with Gasteiger partial charge in [0.2, 0.25) is 10.0 Å². The number of carbonyl (C=O) groups excluding carboxylic acids is 1. The number of amides is 1. The molecular formula is C17H19FN2O6S. The zero-order chi connectivity index (χ0) is 20.6. The highest BCUT2D eigenvalue weighted by Gasteiger charge is 2.38. The van der Waals surface area contributed by atoms with E-state index in [1.807, 2.05) is 0 Å². The highest BCUT2D eigenvalue weighted by atomic mass is 32.2. The molecule has 146 valence electrons. The third kappa shape index (κ3) is 3.86. The first-order valence-corrected chi connectivity index (χ1v) is 9.18. The highest BCUT2D eigenvalue weighted by molar-refractivity contribution is 7.89. The monoisotopic (exact) mass is 398 g/mol. The number of hydrogen-bond acceptors (Lipinski definition) is 5. The summed E-state index contributed by atoms with van der Waals surface area (Å²) in [7, 11) is -1.17. The second-order valence-corrected chi connectivity index (χ2v) is 8.33. The summed E-state index contributed by atoms with van der Waals surface area (Å²) < 4.78 is 43.8. The molecule has 0 spiro atoms. The fourth-order valence-electron chi connectivity index (χ4n) is 2.35. The lowest BCUT2D eigenvalue weighted by atomic mass is 9.92. The maximum atomic E-state index is 13.1. The van der Waals surface area contributed by atoms with Gasteiger partial charge in [-0.1, -0.05) is 12.1 Å². The first-order chi connectivity index (χ1) is 12.4. The number of nitrogens with one attached hydrogen (secondary N) is 1. The molecule has 2 N–H and O–H groups in total. The Bertz CT molecular complexity index is 981. The molecule has 1 unspecified atom stereocenters. The van der Waals surface area contributed by atoms with Crippen LogP contribution in [0, 0.1) is 12.7 Å². The Hall–Kier alpha value is -2.72. The molecule has 0 saturated carbocycles. The molecule has 27 heavy (non-hydrogen) atoms. The minimum absolute atomic E-state index is 0.00680. The zero-order valence-electron chi connectivity index (χ0n) is 15.1. The van der Waals surface area contributed by atoms with E-state index < -0.39 is 33.3 Å². The summed E-state index contributed by atoms with van der Waals surface area (Å²) in [4.78, 5) is 24.1. The average Bonchev–Trinajstić information content (AvgIpc) is 2.97. The Morgan fingerprint density at radius 3 is 2.26 bits per heavy atom. The first-order valence-electron chi connectivity index (χ1n) is 7.74. The molecule has 0 saturated heterocycles. The summed E-state index contributed by atoms with van der Waals surface area (Å²) in [6.45, 7) is 2.61. The molecule has 0 aliphatic carbocycles. The summed E-state index contributed by atoms with van der Waals surface area (Å²) >= 11 is 0. The van der Waals surface area contributed by atoms with Gasteiger partial charge < -0.3 is 14.8 Å². The van der Waals surface area contributed by atoms with Gasteiger partial charge in [-0.3, -0.25) is 4.79 Å². The van der Waals surface area contributed by atoms with Crippen LogP contribution in [0.1, 0.15) is 28.8 Å². The normalized spacial score (nSPS) is 14.0. The third-order valence-corrected chi connectivity index (χ3v) is 5.99. The summed E-state index contributed by atoms with van der Waals surface area (Å²) in [5.74, 6) is -3.23. The molecule has 8 nitrogen and oxygen atoms in total. The van der Waals surface area contributed by atoms with E-state index in [0.717, 1.165) is 22.5 Å². The van der Waals surface area contributed by atoms with Gasteiger partial charge in [-0.2, -0.15) is 0 Å².